The molecule has 0 amide bonds. The SMILES string of the molecule is CCCC(Cl)=C(Cl)CCCF. The Hall–Kier alpha value is 0.250. The lowest BCUT2D eigenvalue weighted by Crippen LogP contribution is -1.82. The Labute approximate surface area is 77.4 Å². The highest BCUT2D eigenvalue weighted by atomic mass is 35.5. The lowest BCUT2D eigenvalue weighted by atomic mass is 10.2. The topological polar surface area (TPSA) is 0 Å². The molecule has 0 radical (unpaired) electrons. The van der Waals surface area contributed by atoms with Gasteiger partial charge in [0.05, 0.1) is 6.67 Å². The number of hydrogen-bond acceptors (Lipinski definition) is 0. The summed E-state index contributed by atoms with van der Waals surface area (Å²) >= 11 is 11.6. The third-order valence-electron chi connectivity index (χ3n) is 1.29. The minimum absolute atomic E-state index is 0.327. The van der Waals surface area contributed by atoms with Crippen LogP contribution in [0, 0.1) is 0 Å². The normalized spacial score (nSPS) is 13.1. The van der Waals surface area contributed by atoms with Crippen molar-refractivity contribution in [3.63, 3.8) is 0 Å². The Kier molecular flexibility index (Phi) is 7.09. The number of rotatable bonds is 5. The molecular weight excluding hydrogens is 186 g/mol. The molecule has 0 aliphatic carbocycles. The Bertz CT molecular complexity index is 132. The average molecular weight is 199 g/mol. The van der Waals surface area contributed by atoms with Gasteiger partial charge in [0, 0.05) is 10.1 Å². The zero-order chi connectivity index (χ0) is 8.69. The van der Waals surface area contributed by atoms with Crippen LogP contribution in [0.25, 0.3) is 0 Å². The van der Waals surface area contributed by atoms with Gasteiger partial charge >= 0.3 is 0 Å². The second-order valence-electron chi connectivity index (χ2n) is 2.35. The van der Waals surface area contributed by atoms with Crippen molar-refractivity contribution < 1.29 is 4.39 Å². The van der Waals surface area contributed by atoms with E-state index in [1.165, 1.54) is 0 Å². The molecule has 0 spiro atoms. The van der Waals surface area contributed by atoms with Crippen molar-refractivity contribution in [2.75, 3.05) is 6.67 Å². The second-order valence-corrected chi connectivity index (χ2v) is 3.26. The van der Waals surface area contributed by atoms with Crippen molar-refractivity contribution in [3.8, 4) is 0 Å². The van der Waals surface area contributed by atoms with Crippen molar-refractivity contribution in [2.45, 2.75) is 32.6 Å². The van der Waals surface area contributed by atoms with Gasteiger partial charge in [0.2, 0.25) is 0 Å². The Balaban J connectivity index is 3.73. The van der Waals surface area contributed by atoms with Gasteiger partial charge in [-0.2, -0.15) is 0 Å². The Morgan fingerprint density at radius 3 is 2.18 bits per heavy atom. The van der Waals surface area contributed by atoms with E-state index in [0.717, 1.165) is 12.8 Å². The maximum atomic E-state index is 11.7. The highest BCUT2D eigenvalue weighted by Gasteiger charge is 2.00. The van der Waals surface area contributed by atoms with Crippen LogP contribution in [0.1, 0.15) is 32.6 Å². The summed E-state index contributed by atoms with van der Waals surface area (Å²) in [6.45, 7) is 1.70. The van der Waals surface area contributed by atoms with Gasteiger partial charge in [0.25, 0.3) is 0 Å². The molecular formula is C8H13Cl2F. The third-order valence-corrected chi connectivity index (χ3v) is 2.22. The van der Waals surface area contributed by atoms with Gasteiger partial charge in [-0.3, -0.25) is 4.39 Å². The summed E-state index contributed by atoms with van der Waals surface area (Å²) in [5, 5.41) is 1.30. The molecule has 0 aromatic carbocycles. The fourth-order valence-electron chi connectivity index (χ4n) is 0.713. The van der Waals surface area contributed by atoms with Gasteiger partial charge in [-0.25, -0.2) is 0 Å². The number of allylic oxidation sites excluding steroid dienone is 2. The average Bonchev–Trinajstić information content (AvgIpc) is 2.00. The van der Waals surface area contributed by atoms with Crippen molar-refractivity contribution >= 4 is 23.2 Å². The zero-order valence-electron chi connectivity index (χ0n) is 6.67. The van der Waals surface area contributed by atoms with E-state index in [0.29, 0.717) is 22.9 Å². The standard InChI is InChI=1S/C8H13Cl2F/c1-2-4-7(9)8(10)5-3-6-11/h2-6H2,1H3. The molecule has 0 aliphatic rings. The predicted octanol–water partition coefficient (Wildman–Crippen LogP) is 4.23. The molecule has 0 aromatic heterocycles. The summed E-state index contributed by atoms with van der Waals surface area (Å²) in [6, 6.07) is 0. The molecule has 0 saturated heterocycles. The highest BCUT2D eigenvalue weighted by Crippen LogP contribution is 2.22. The smallest absolute Gasteiger partial charge is 0.0898 e. The first-order chi connectivity index (χ1) is 5.22. The van der Waals surface area contributed by atoms with Crippen LogP contribution in [-0.2, 0) is 0 Å². The molecule has 0 N–H and O–H groups in total. The fourth-order valence-corrected chi connectivity index (χ4v) is 1.22. The molecule has 0 aliphatic heterocycles. The van der Waals surface area contributed by atoms with Crippen LogP contribution in [0.2, 0.25) is 0 Å². The predicted molar refractivity (Wildman–Crippen MR) is 48.8 cm³/mol. The minimum atomic E-state index is -0.327. The maximum absolute atomic E-state index is 11.7. The first-order valence-corrected chi connectivity index (χ1v) is 4.57. The maximum Gasteiger partial charge on any atom is 0.0898 e. The van der Waals surface area contributed by atoms with E-state index in [4.69, 9.17) is 23.2 Å². The quantitative estimate of drug-likeness (QED) is 0.621. The Morgan fingerprint density at radius 2 is 1.73 bits per heavy atom. The number of hydrogen-bond donors (Lipinski definition) is 0. The van der Waals surface area contributed by atoms with Crippen molar-refractivity contribution in [1.29, 1.82) is 0 Å². The molecule has 0 rings (SSSR count). The molecule has 0 bridgehead atoms. The molecule has 0 atom stereocenters. The van der Waals surface area contributed by atoms with E-state index in [1.807, 2.05) is 6.92 Å². The largest absolute Gasteiger partial charge is 0.251 e. The van der Waals surface area contributed by atoms with Crippen molar-refractivity contribution in [2.24, 2.45) is 0 Å². The van der Waals surface area contributed by atoms with Crippen LogP contribution in [0.4, 0.5) is 4.39 Å². The zero-order valence-corrected chi connectivity index (χ0v) is 8.18. The van der Waals surface area contributed by atoms with Gasteiger partial charge < -0.3 is 0 Å². The molecule has 0 unspecified atom stereocenters. The summed E-state index contributed by atoms with van der Waals surface area (Å²) in [4.78, 5) is 0. The summed E-state index contributed by atoms with van der Waals surface area (Å²) in [7, 11) is 0. The van der Waals surface area contributed by atoms with E-state index >= 15 is 0 Å². The first kappa shape index (κ1) is 11.2. The summed E-state index contributed by atoms with van der Waals surface area (Å²) in [6.07, 6.45) is 2.81. The lowest BCUT2D eigenvalue weighted by molar-refractivity contribution is 0.474. The van der Waals surface area contributed by atoms with Crippen LogP contribution in [0.3, 0.4) is 0 Å². The number of halogens is 3. The van der Waals surface area contributed by atoms with Crippen LogP contribution < -0.4 is 0 Å². The number of alkyl halides is 1. The van der Waals surface area contributed by atoms with E-state index in [2.05, 4.69) is 0 Å². The fraction of sp³-hybridized carbons (Fsp3) is 0.750. The van der Waals surface area contributed by atoms with Gasteiger partial charge in [0.1, 0.15) is 0 Å². The molecule has 11 heavy (non-hydrogen) atoms. The summed E-state index contributed by atoms with van der Waals surface area (Å²) in [5.74, 6) is 0. The van der Waals surface area contributed by atoms with Crippen LogP contribution in [-0.4, -0.2) is 6.67 Å². The van der Waals surface area contributed by atoms with Crippen LogP contribution in [0.5, 0.6) is 0 Å². The monoisotopic (exact) mass is 198 g/mol. The van der Waals surface area contributed by atoms with E-state index < -0.39 is 0 Å². The lowest BCUT2D eigenvalue weighted by Gasteiger charge is -2.00. The summed E-state index contributed by atoms with van der Waals surface area (Å²) in [5.41, 5.74) is 0. The highest BCUT2D eigenvalue weighted by molar-refractivity contribution is 6.39. The van der Waals surface area contributed by atoms with Crippen LogP contribution in [0.15, 0.2) is 10.1 Å². The first-order valence-electron chi connectivity index (χ1n) is 3.81. The summed E-state index contributed by atoms with van der Waals surface area (Å²) < 4.78 is 11.7. The third kappa shape index (κ3) is 5.51. The van der Waals surface area contributed by atoms with Crippen molar-refractivity contribution in [3.05, 3.63) is 10.1 Å². The molecule has 0 aromatic rings. The van der Waals surface area contributed by atoms with Gasteiger partial charge in [-0.15, -0.1) is 0 Å². The van der Waals surface area contributed by atoms with E-state index in [1.54, 1.807) is 0 Å². The molecule has 3 heteroatoms. The Morgan fingerprint density at radius 1 is 1.18 bits per heavy atom. The molecule has 0 fully saturated rings. The second kappa shape index (κ2) is 6.93. The van der Waals surface area contributed by atoms with Gasteiger partial charge in [0.15, 0.2) is 0 Å². The van der Waals surface area contributed by atoms with Gasteiger partial charge in [-0.05, 0) is 19.3 Å². The minimum Gasteiger partial charge on any atom is -0.251 e. The van der Waals surface area contributed by atoms with E-state index in [-0.39, 0.29) is 6.67 Å². The molecule has 0 nitrogen and oxygen atoms in total. The molecule has 0 heterocycles. The van der Waals surface area contributed by atoms with Gasteiger partial charge in [-0.1, -0.05) is 36.5 Å². The molecule has 66 valence electrons. The van der Waals surface area contributed by atoms with E-state index in [9.17, 15) is 4.39 Å². The van der Waals surface area contributed by atoms with Crippen molar-refractivity contribution in [1.82, 2.24) is 0 Å². The van der Waals surface area contributed by atoms with Crippen LogP contribution >= 0.6 is 23.2 Å². The molecule has 0 saturated carbocycles.